The summed E-state index contributed by atoms with van der Waals surface area (Å²) in [5.74, 6) is -0.718. The number of amides is 1. The van der Waals surface area contributed by atoms with Crippen molar-refractivity contribution in [3.63, 3.8) is 0 Å². The van der Waals surface area contributed by atoms with Crippen molar-refractivity contribution >= 4 is 22.4 Å². The Morgan fingerprint density at radius 1 is 1.24 bits per heavy atom. The van der Waals surface area contributed by atoms with E-state index in [1.54, 1.807) is 0 Å². The quantitative estimate of drug-likeness (QED) is 0.933. The number of nitrogens with one attached hydrogen (secondary N) is 1. The number of hydrogen-bond donors (Lipinski definition) is 1. The highest BCUT2D eigenvalue weighted by atomic mass is 32.1. The first-order valence-corrected chi connectivity index (χ1v) is 6.91. The monoisotopic (exact) mass is 315 g/mol. The van der Waals surface area contributed by atoms with Gasteiger partial charge in [-0.25, -0.2) is 0 Å². The Kier molecular flexibility index (Phi) is 4.26. The molecule has 4 nitrogen and oxygen atoms in total. The molecule has 0 bridgehead atoms. The van der Waals surface area contributed by atoms with E-state index >= 15 is 0 Å². The lowest BCUT2D eigenvalue weighted by Gasteiger charge is -2.11. The summed E-state index contributed by atoms with van der Waals surface area (Å²) < 4.78 is 38.6. The van der Waals surface area contributed by atoms with Crippen LogP contribution in [-0.4, -0.2) is 16.1 Å². The molecule has 8 heteroatoms. The standard InChI is InChI=1S/C13H12F3N3OS/c1-7(2)11-18-19-12(21-11)17-10(20)8-5-3-4-6-9(8)13(14,15)16/h3-7H,1-2H3,(H,17,19,20). The second-order valence-electron chi connectivity index (χ2n) is 4.60. The van der Waals surface area contributed by atoms with Gasteiger partial charge in [-0.15, -0.1) is 10.2 Å². The minimum absolute atomic E-state index is 0.135. The maximum absolute atomic E-state index is 12.9. The molecule has 2 aromatic rings. The van der Waals surface area contributed by atoms with E-state index in [2.05, 4.69) is 15.5 Å². The number of benzene rings is 1. The minimum atomic E-state index is -4.59. The Hall–Kier alpha value is -1.96. The zero-order valence-corrected chi connectivity index (χ0v) is 12.0. The van der Waals surface area contributed by atoms with E-state index in [1.165, 1.54) is 12.1 Å². The third-order valence-electron chi connectivity index (χ3n) is 2.63. The number of carbonyl (C=O) groups excluding carboxylic acids is 1. The number of rotatable bonds is 3. The number of nitrogens with zero attached hydrogens (tertiary/aromatic N) is 2. The van der Waals surface area contributed by atoms with Crippen LogP contribution in [0.25, 0.3) is 0 Å². The van der Waals surface area contributed by atoms with Crippen LogP contribution < -0.4 is 5.32 Å². The van der Waals surface area contributed by atoms with Gasteiger partial charge in [0.25, 0.3) is 5.91 Å². The number of alkyl halides is 3. The van der Waals surface area contributed by atoms with Gasteiger partial charge in [0.2, 0.25) is 5.13 Å². The first-order chi connectivity index (χ1) is 9.79. The molecule has 1 heterocycles. The van der Waals surface area contributed by atoms with Gasteiger partial charge in [-0.05, 0) is 12.1 Å². The summed E-state index contributed by atoms with van der Waals surface area (Å²) in [5.41, 5.74) is -1.41. The third kappa shape index (κ3) is 3.57. The van der Waals surface area contributed by atoms with Crippen LogP contribution >= 0.6 is 11.3 Å². The first-order valence-electron chi connectivity index (χ1n) is 6.10. The second kappa shape index (κ2) is 5.80. The third-order valence-corrected chi connectivity index (χ3v) is 3.77. The second-order valence-corrected chi connectivity index (χ2v) is 5.61. The number of hydrogen-bond acceptors (Lipinski definition) is 4. The maximum atomic E-state index is 12.9. The van der Waals surface area contributed by atoms with Crippen LogP contribution in [0.2, 0.25) is 0 Å². The highest BCUT2D eigenvalue weighted by Gasteiger charge is 2.35. The minimum Gasteiger partial charge on any atom is -0.296 e. The lowest BCUT2D eigenvalue weighted by Crippen LogP contribution is -2.18. The lowest BCUT2D eigenvalue weighted by atomic mass is 10.1. The van der Waals surface area contributed by atoms with E-state index in [0.29, 0.717) is 5.01 Å². The molecule has 1 amide bonds. The summed E-state index contributed by atoms with van der Waals surface area (Å²) in [7, 11) is 0. The van der Waals surface area contributed by atoms with Gasteiger partial charge < -0.3 is 0 Å². The summed E-state index contributed by atoms with van der Waals surface area (Å²) in [5, 5.41) is 10.9. The average molecular weight is 315 g/mol. The van der Waals surface area contributed by atoms with E-state index < -0.39 is 23.2 Å². The molecule has 0 saturated carbocycles. The van der Waals surface area contributed by atoms with Crippen LogP contribution in [0.4, 0.5) is 18.3 Å². The molecule has 112 valence electrons. The Bertz CT molecular complexity index is 652. The van der Waals surface area contributed by atoms with E-state index in [9.17, 15) is 18.0 Å². The zero-order chi connectivity index (χ0) is 15.6. The summed E-state index contributed by atoms with van der Waals surface area (Å²) in [6, 6.07) is 4.61. The summed E-state index contributed by atoms with van der Waals surface area (Å²) in [6.45, 7) is 3.82. The largest absolute Gasteiger partial charge is 0.417 e. The lowest BCUT2D eigenvalue weighted by molar-refractivity contribution is -0.137. The van der Waals surface area contributed by atoms with E-state index in [1.807, 2.05) is 13.8 Å². The van der Waals surface area contributed by atoms with Crippen LogP contribution in [0, 0.1) is 0 Å². The number of anilines is 1. The van der Waals surface area contributed by atoms with Gasteiger partial charge in [-0.1, -0.05) is 37.3 Å². The van der Waals surface area contributed by atoms with Crippen LogP contribution in [0.1, 0.15) is 40.7 Å². The number of carbonyl (C=O) groups is 1. The number of aromatic nitrogens is 2. The van der Waals surface area contributed by atoms with Crippen molar-refractivity contribution in [2.75, 3.05) is 5.32 Å². The highest BCUT2D eigenvalue weighted by Crippen LogP contribution is 2.32. The molecule has 0 fully saturated rings. The van der Waals surface area contributed by atoms with Gasteiger partial charge in [0.1, 0.15) is 5.01 Å². The predicted octanol–water partition coefficient (Wildman–Crippen LogP) is 3.93. The summed E-state index contributed by atoms with van der Waals surface area (Å²) in [4.78, 5) is 12.0. The molecule has 0 aliphatic carbocycles. The molecule has 0 atom stereocenters. The first kappa shape index (κ1) is 15.4. The van der Waals surface area contributed by atoms with Crippen molar-refractivity contribution in [3.05, 3.63) is 40.4 Å². The van der Waals surface area contributed by atoms with Crippen molar-refractivity contribution in [1.29, 1.82) is 0 Å². The molecule has 1 aromatic carbocycles. The van der Waals surface area contributed by atoms with Gasteiger partial charge in [0, 0.05) is 5.92 Å². The molecular weight excluding hydrogens is 303 g/mol. The van der Waals surface area contributed by atoms with Crippen LogP contribution in [0.3, 0.4) is 0 Å². The Morgan fingerprint density at radius 2 is 1.90 bits per heavy atom. The SMILES string of the molecule is CC(C)c1nnc(NC(=O)c2ccccc2C(F)(F)F)s1. The van der Waals surface area contributed by atoms with Crippen molar-refractivity contribution < 1.29 is 18.0 Å². The molecular formula is C13H12F3N3OS. The van der Waals surface area contributed by atoms with Gasteiger partial charge in [0.05, 0.1) is 11.1 Å². The average Bonchev–Trinajstić information content (AvgIpc) is 2.86. The Balaban J connectivity index is 2.24. The molecule has 0 saturated heterocycles. The predicted molar refractivity (Wildman–Crippen MR) is 73.4 cm³/mol. The molecule has 0 radical (unpaired) electrons. The summed E-state index contributed by atoms with van der Waals surface area (Å²) >= 11 is 1.14. The van der Waals surface area contributed by atoms with Crippen LogP contribution in [-0.2, 0) is 6.18 Å². The topological polar surface area (TPSA) is 54.9 Å². The van der Waals surface area contributed by atoms with Gasteiger partial charge in [0.15, 0.2) is 0 Å². The van der Waals surface area contributed by atoms with Gasteiger partial charge in [-0.2, -0.15) is 13.2 Å². The number of halogens is 3. The molecule has 2 rings (SSSR count). The van der Waals surface area contributed by atoms with Crippen molar-refractivity contribution in [2.24, 2.45) is 0 Å². The highest BCUT2D eigenvalue weighted by molar-refractivity contribution is 7.15. The molecule has 0 unspecified atom stereocenters. The normalized spacial score (nSPS) is 11.7. The van der Waals surface area contributed by atoms with Crippen molar-refractivity contribution in [2.45, 2.75) is 25.9 Å². The molecule has 0 aliphatic rings. The fraction of sp³-hybridized carbons (Fsp3) is 0.308. The van der Waals surface area contributed by atoms with E-state index in [4.69, 9.17) is 0 Å². The molecule has 0 spiro atoms. The van der Waals surface area contributed by atoms with Gasteiger partial charge >= 0.3 is 6.18 Å². The smallest absolute Gasteiger partial charge is 0.296 e. The maximum Gasteiger partial charge on any atom is 0.417 e. The fourth-order valence-electron chi connectivity index (χ4n) is 1.61. The molecule has 1 N–H and O–H groups in total. The van der Waals surface area contributed by atoms with Gasteiger partial charge in [-0.3, -0.25) is 10.1 Å². The zero-order valence-electron chi connectivity index (χ0n) is 11.2. The van der Waals surface area contributed by atoms with Crippen molar-refractivity contribution in [1.82, 2.24) is 10.2 Å². The summed E-state index contributed by atoms with van der Waals surface area (Å²) in [6.07, 6.45) is -4.59. The van der Waals surface area contributed by atoms with Crippen molar-refractivity contribution in [3.8, 4) is 0 Å². The van der Waals surface area contributed by atoms with E-state index in [-0.39, 0.29) is 11.0 Å². The molecule has 0 aliphatic heterocycles. The molecule has 21 heavy (non-hydrogen) atoms. The Morgan fingerprint density at radius 3 is 2.48 bits per heavy atom. The van der Waals surface area contributed by atoms with E-state index in [0.717, 1.165) is 23.5 Å². The Labute approximate surface area is 123 Å². The van der Waals surface area contributed by atoms with Crippen LogP contribution in [0.5, 0.6) is 0 Å². The molecule has 1 aromatic heterocycles. The van der Waals surface area contributed by atoms with Crippen LogP contribution in [0.15, 0.2) is 24.3 Å². The fourth-order valence-corrected chi connectivity index (χ4v) is 2.35.